The normalized spacial score (nSPS) is 11.6. The lowest BCUT2D eigenvalue weighted by atomic mass is 10.2. The molecule has 0 aliphatic rings. The molecular weight excluding hydrogens is 312 g/mol. The Bertz CT molecular complexity index is 1080. The molecule has 124 valence electrons. The molecule has 0 saturated carbocycles. The van der Waals surface area contributed by atoms with Gasteiger partial charge < -0.3 is 10.6 Å². The molecule has 4 rings (SSSR count). The van der Waals surface area contributed by atoms with Crippen molar-refractivity contribution in [2.75, 3.05) is 24.7 Å². The van der Waals surface area contributed by atoms with Gasteiger partial charge in [-0.15, -0.1) is 0 Å². The Morgan fingerprint density at radius 3 is 2.44 bits per heavy atom. The Morgan fingerprint density at radius 1 is 0.920 bits per heavy atom. The highest BCUT2D eigenvalue weighted by molar-refractivity contribution is 5.81. The first-order valence-electron chi connectivity index (χ1n) is 7.98. The van der Waals surface area contributed by atoms with Crippen molar-refractivity contribution in [3.05, 3.63) is 59.9 Å². The van der Waals surface area contributed by atoms with Crippen LogP contribution in [0.4, 0.5) is 11.6 Å². The van der Waals surface area contributed by atoms with Crippen molar-refractivity contribution in [2.45, 2.75) is 0 Å². The second-order valence-corrected chi connectivity index (χ2v) is 6.00. The molecule has 0 saturated heterocycles. The highest BCUT2D eigenvalue weighted by atomic mass is 15.2. The Balaban J connectivity index is 1.80. The monoisotopic (exact) mass is 330 g/mol. The average molecular weight is 330 g/mol. The van der Waals surface area contributed by atoms with Crippen LogP contribution in [0.3, 0.4) is 0 Å². The van der Waals surface area contributed by atoms with Gasteiger partial charge in [0, 0.05) is 19.8 Å². The fraction of sp³-hybridized carbons (Fsp3) is 0.105. The number of fused-ring (bicyclic) bond motifs is 3. The highest BCUT2D eigenvalue weighted by Crippen LogP contribution is 2.19. The number of nitrogens with zero attached hydrogens (tertiary/aromatic N) is 5. The van der Waals surface area contributed by atoms with Crippen molar-refractivity contribution < 1.29 is 0 Å². The molecule has 25 heavy (non-hydrogen) atoms. The molecule has 0 bridgehead atoms. The zero-order valence-electron chi connectivity index (χ0n) is 14.1. The van der Waals surface area contributed by atoms with E-state index in [0.29, 0.717) is 11.6 Å². The van der Waals surface area contributed by atoms with Gasteiger partial charge in [-0.05, 0) is 35.9 Å². The first-order valence-corrected chi connectivity index (χ1v) is 7.98. The van der Waals surface area contributed by atoms with Crippen molar-refractivity contribution >= 4 is 40.6 Å². The van der Waals surface area contributed by atoms with Crippen LogP contribution < -0.4 is 10.6 Å². The van der Waals surface area contributed by atoms with Crippen molar-refractivity contribution in [3.63, 3.8) is 0 Å². The maximum absolute atomic E-state index is 5.85. The summed E-state index contributed by atoms with van der Waals surface area (Å²) in [6.07, 6.45) is 3.94. The summed E-state index contributed by atoms with van der Waals surface area (Å²) < 4.78 is 1.91. The molecule has 0 radical (unpaired) electrons. The number of nitrogens with two attached hydrogens (primary N) is 1. The average Bonchev–Trinajstić information content (AvgIpc) is 2.98. The quantitative estimate of drug-likeness (QED) is 0.625. The highest BCUT2D eigenvalue weighted by Gasteiger charge is 2.10. The first kappa shape index (κ1) is 15.1. The molecule has 6 heteroatoms. The number of nitrogen functional groups attached to an aromatic ring is 1. The van der Waals surface area contributed by atoms with Crippen LogP contribution in [0.5, 0.6) is 0 Å². The Kier molecular flexibility index (Phi) is 3.57. The molecule has 0 aliphatic carbocycles. The van der Waals surface area contributed by atoms with Crippen LogP contribution >= 0.6 is 0 Å². The summed E-state index contributed by atoms with van der Waals surface area (Å²) in [5, 5.41) is 0. The fourth-order valence-electron chi connectivity index (χ4n) is 2.78. The number of imidazole rings is 1. The summed E-state index contributed by atoms with van der Waals surface area (Å²) in [6, 6.07) is 16.2. The van der Waals surface area contributed by atoms with Crippen molar-refractivity contribution in [2.24, 2.45) is 0 Å². The van der Waals surface area contributed by atoms with Crippen molar-refractivity contribution in [3.8, 4) is 0 Å². The van der Waals surface area contributed by atoms with Gasteiger partial charge in [-0.2, -0.15) is 9.97 Å². The maximum Gasteiger partial charge on any atom is 0.239 e. The summed E-state index contributed by atoms with van der Waals surface area (Å²) in [6.45, 7) is 0. The summed E-state index contributed by atoms with van der Waals surface area (Å²) >= 11 is 0. The molecule has 0 fully saturated rings. The predicted octanol–water partition coefficient (Wildman–Crippen LogP) is 3.10. The molecule has 2 N–H and O–H groups in total. The van der Waals surface area contributed by atoms with E-state index in [1.807, 2.05) is 54.9 Å². The molecule has 6 nitrogen and oxygen atoms in total. The number of para-hydroxylation sites is 2. The molecule has 0 atom stereocenters. The van der Waals surface area contributed by atoms with E-state index in [1.54, 1.807) is 0 Å². The van der Waals surface area contributed by atoms with E-state index in [1.165, 1.54) is 0 Å². The summed E-state index contributed by atoms with van der Waals surface area (Å²) in [7, 11) is 4.05. The fourth-order valence-corrected chi connectivity index (χ4v) is 2.78. The van der Waals surface area contributed by atoms with Gasteiger partial charge in [-0.25, -0.2) is 4.98 Å². The van der Waals surface area contributed by atoms with Crippen LogP contribution in [0, 0.1) is 0 Å². The molecule has 0 unspecified atom stereocenters. The largest absolute Gasteiger partial charge is 0.378 e. The molecule has 4 aromatic rings. The van der Waals surface area contributed by atoms with E-state index < -0.39 is 0 Å². The SMILES string of the molecule is CN(C)c1ccc(/C=C/c2nc(N)nc3nc4ccccc4n23)cc1. The minimum Gasteiger partial charge on any atom is -0.378 e. The molecule has 0 aliphatic heterocycles. The lowest BCUT2D eigenvalue weighted by molar-refractivity contribution is 1.02. The molecule has 2 aromatic carbocycles. The van der Waals surface area contributed by atoms with Gasteiger partial charge in [0.15, 0.2) is 0 Å². The topological polar surface area (TPSA) is 72.3 Å². The summed E-state index contributed by atoms with van der Waals surface area (Å²) in [5.41, 5.74) is 9.92. The Labute approximate surface area is 145 Å². The van der Waals surface area contributed by atoms with Crippen LogP contribution in [0.25, 0.3) is 29.0 Å². The van der Waals surface area contributed by atoms with E-state index >= 15 is 0 Å². The Hall–Kier alpha value is -3.41. The van der Waals surface area contributed by atoms with Gasteiger partial charge in [0.05, 0.1) is 11.0 Å². The molecule has 2 aromatic heterocycles. The zero-order chi connectivity index (χ0) is 17.4. The van der Waals surface area contributed by atoms with E-state index in [9.17, 15) is 0 Å². The molecule has 0 amide bonds. The summed E-state index contributed by atoms with van der Waals surface area (Å²) in [5.74, 6) is 1.47. The smallest absolute Gasteiger partial charge is 0.239 e. The summed E-state index contributed by atoms with van der Waals surface area (Å²) in [4.78, 5) is 15.2. The van der Waals surface area contributed by atoms with E-state index in [4.69, 9.17) is 5.73 Å². The molecule has 0 spiro atoms. The van der Waals surface area contributed by atoms with E-state index in [2.05, 4.69) is 44.1 Å². The van der Waals surface area contributed by atoms with E-state index in [0.717, 1.165) is 22.3 Å². The Morgan fingerprint density at radius 2 is 1.68 bits per heavy atom. The minimum absolute atomic E-state index is 0.213. The minimum atomic E-state index is 0.213. The van der Waals surface area contributed by atoms with Gasteiger partial charge in [0.25, 0.3) is 0 Å². The lowest BCUT2D eigenvalue weighted by Crippen LogP contribution is -2.07. The van der Waals surface area contributed by atoms with Gasteiger partial charge in [0.2, 0.25) is 11.7 Å². The van der Waals surface area contributed by atoms with E-state index in [-0.39, 0.29) is 5.95 Å². The van der Waals surface area contributed by atoms with Gasteiger partial charge in [-0.1, -0.05) is 30.3 Å². The second kappa shape index (κ2) is 5.90. The molecule has 2 heterocycles. The second-order valence-electron chi connectivity index (χ2n) is 6.00. The maximum atomic E-state index is 5.85. The number of anilines is 2. The number of hydrogen-bond donors (Lipinski definition) is 1. The number of benzene rings is 2. The van der Waals surface area contributed by atoms with Crippen molar-refractivity contribution in [1.82, 2.24) is 19.4 Å². The van der Waals surface area contributed by atoms with Crippen LogP contribution in [0.1, 0.15) is 11.4 Å². The third-order valence-electron chi connectivity index (χ3n) is 4.05. The lowest BCUT2D eigenvalue weighted by Gasteiger charge is -2.11. The number of aromatic nitrogens is 4. The van der Waals surface area contributed by atoms with Gasteiger partial charge in [-0.3, -0.25) is 4.40 Å². The third-order valence-corrected chi connectivity index (χ3v) is 4.05. The van der Waals surface area contributed by atoms with Crippen molar-refractivity contribution in [1.29, 1.82) is 0 Å². The predicted molar refractivity (Wildman–Crippen MR) is 102 cm³/mol. The van der Waals surface area contributed by atoms with Crippen LogP contribution in [0.15, 0.2) is 48.5 Å². The van der Waals surface area contributed by atoms with Gasteiger partial charge >= 0.3 is 0 Å². The molecular formula is C19H18N6. The van der Waals surface area contributed by atoms with Crippen LogP contribution in [-0.4, -0.2) is 33.4 Å². The van der Waals surface area contributed by atoms with Crippen LogP contribution in [0.2, 0.25) is 0 Å². The number of rotatable bonds is 3. The number of hydrogen-bond acceptors (Lipinski definition) is 5. The van der Waals surface area contributed by atoms with Crippen LogP contribution in [-0.2, 0) is 0 Å². The first-order chi connectivity index (χ1) is 12.1. The van der Waals surface area contributed by atoms with Gasteiger partial charge in [0.1, 0.15) is 5.82 Å². The third kappa shape index (κ3) is 2.78. The zero-order valence-corrected chi connectivity index (χ0v) is 14.1. The standard InChI is InChI=1S/C19H18N6/c1-24(2)14-10-7-13(8-11-14)9-12-17-22-18(20)23-19-21-15-5-3-4-6-16(15)25(17)19/h3-12H,1-2H3,(H2,20,21,23)/b12-9+.